The summed E-state index contributed by atoms with van der Waals surface area (Å²) in [5.74, 6) is -0.946. The van der Waals surface area contributed by atoms with Crippen LogP contribution in [0.2, 0.25) is 0 Å². The highest BCUT2D eigenvalue weighted by Gasteiger charge is 2.09. The Morgan fingerprint density at radius 3 is 2.80 bits per heavy atom. The molecule has 0 atom stereocenters. The second-order valence-electron chi connectivity index (χ2n) is 4.74. The molecule has 1 aromatic carbocycles. The SMILES string of the molecule is Cc1ccc(NC(=O)CCCCC(=O)O)c2[nH]ncc12. The lowest BCUT2D eigenvalue weighted by atomic mass is 10.1. The Morgan fingerprint density at radius 1 is 1.30 bits per heavy atom. The summed E-state index contributed by atoms with van der Waals surface area (Å²) in [7, 11) is 0. The van der Waals surface area contributed by atoms with Crippen molar-refractivity contribution >= 4 is 28.5 Å². The summed E-state index contributed by atoms with van der Waals surface area (Å²) in [6.45, 7) is 1.98. The highest BCUT2D eigenvalue weighted by molar-refractivity contribution is 6.01. The van der Waals surface area contributed by atoms with Crippen molar-refractivity contribution in [2.75, 3.05) is 5.32 Å². The molecule has 0 aliphatic carbocycles. The molecule has 0 aliphatic heterocycles. The fourth-order valence-corrected chi connectivity index (χ4v) is 2.05. The third-order valence-corrected chi connectivity index (χ3v) is 3.15. The van der Waals surface area contributed by atoms with Gasteiger partial charge in [0.05, 0.1) is 17.4 Å². The molecule has 0 radical (unpaired) electrons. The Balaban J connectivity index is 1.95. The Bertz CT molecular complexity index is 634. The predicted octanol–water partition coefficient (Wildman–Crippen LogP) is 2.45. The monoisotopic (exact) mass is 275 g/mol. The Kier molecular flexibility index (Phi) is 4.34. The number of nitrogens with one attached hydrogen (secondary N) is 2. The second-order valence-corrected chi connectivity index (χ2v) is 4.74. The van der Waals surface area contributed by atoms with Crippen LogP contribution in [0.25, 0.3) is 10.9 Å². The summed E-state index contributed by atoms with van der Waals surface area (Å²) in [6, 6.07) is 3.77. The maximum atomic E-state index is 11.8. The molecule has 106 valence electrons. The zero-order chi connectivity index (χ0) is 14.5. The fourth-order valence-electron chi connectivity index (χ4n) is 2.05. The number of rotatable bonds is 6. The van der Waals surface area contributed by atoms with Gasteiger partial charge >= 0.3 is 5.97 Å². The molecular formula is C14H17N3O3. The molecule has 3 N–H and O–H groups in total. The van der Waals surface area contributed by atoms with Crippen LogP contribution in [-0.4, -0.2) is 27.2 Å². The average Bonchev–Trinajstić information content (AvgIpc) is 2.88. The molecule has 0 fully saturated rings. The number of hydrogen-bond acceptors (Lipinski definition) is 3. The van der Waals surface area contributed by atoms with Crippen LogP contribution < -0.4 is 5.32 Å². The van der Waals surface area contributed by atoms with Crippen LogP contribution in [0.15, 0.2) is 18.3 Å². The molecule has 6 heteroatoms. The van der Waals surface area contributed by atoms with E-state index in [1.165, 1.54) is 0 Å². The van der Waals surface area contributed by atoms with E-state index < -0.39 is 5.97 Å². The summed E-state index contributed by atoms with van der Waals surface area (Å²) in [4.78, 5) is 22.2. The third kappa shape index (κ3) is 3.34. The molecular weight excluding hydrogens is 258 g/mol. The molecule has 1 amide bonds. The van der Waals surface area contributed by atoms with E-state index in [2.05, 4.69) is 15.5 Å². The third-order valence-electron chi connectivity index (χ3n) is 3.15. The molecule has 1 heterocycles. The van der Waals surface area contributed by atoms with Crippen LogP contribution in [-0.2, 0) is 9.59 Å². The minimum Gasteiger partial charge on any atom is -0.481 e. The molecule has 20 heavy (non-hydrogen) atoms. The Hall–Kier alpha value is -2.37. The van der Waals surface area contributed by atoms with Crippen LogP contribution in [0, 0.1) is 6.92 Å². The number of unbranched alkanes of at least 4 members (excludes halogenated alkanes) is 1. The van der Waals surface area contributed by atoms with Crippen LogP contribution in [0.3, 0.4) is 0 Å². The van der Waals surface area contributed by atoms with E-state index >= 15 is 0 Å². The van der Waals surface area contributed by atoms with E-state index in [-0.39, 0.29) is 12.3 Å². The number of carboxylic acid groups (broad SMARTS) is 1. The van der Waals surface area contributed by atoms with E-state index in [0.29, 0.717) is 24.9 Å². The quantitative estimate of drug-likeness (QED) is 0.706. The Labute approximate surface area is 116 Å². The highest BCUT2D eigenvalue weighted by atomic mass is 16.4. The predicted molar refractivity (Wildman–Crippen MR) is 75.6 cm³/mol. The van der Waals surface area contributed by atoms with Gasteiger partial charge in [-0.2, -0.15) is 5.10 Å². The van der Waals surface area contributed by atoms with Crippen molar-refractivity contribution in [2.45, 2.75) is 32.6 Å². The summed E-state index contributed by atoms with van der Waals surface area (Å²) in [5, 5.41) is 19.2. The number of aromatic amines is 1. The van der Waals surface area contributed by atoms with Gasteiger partial charge in [-0.15, -0.1) is 0 Å². The summed E-state index contributed by atoms with van der Waals surface area (Å²) in [5.41, 5.74) is 2.60. The number of fused-ring (bicyclic) bond motifs is 1. The first-order valence-corrected chi connectivity index (χ1v) is 6.52. The molecule has 2 aromatic rings. The number of nitrogens with zero attached hydrogens (tertiary/aromatic N) is 1. The van der Waals surface area contributed by atoms with Gasteiger partial charge in [-0.3, -0.25) is 14.7 Å². The number of aliphatic carboxylic acids is 1. The molecule has 0 spiro atoms. The van der Waals surface area contributed by atoms with Crippen LogP contribution in [0.1, 0.15) is 31.2 Å². The van der Waals surface area contributed by atoms with Crippen molar-refractivity contribution in [3.63, 3.8) is 0 Å². The number of benzene rings is 1. The first-order valence-electron chi connectivity index (χ1n) is 6.52. The number of carboxylic acids is 1. The Morgan fingerprint density at radius 2 is 2.05 bits per heavy atom. The zero-order valence-corrected chi connectivity index (χ0v) is 11.3. The lowest BCUT2D eigenvalue weighted by Crippen LogP contribution is -2.11. The summed E-state index contributed by atoms with van der Waals surface area (Å²) < 4.78 is 0. The summed E-state index contributed by atoms with van der Waals surface area (Å²) >= 11 is 0. The van der Waals surface area contributed by atoms with Gasteiger partial charge in [0.15, 0.2) is 0 Å². The molecule has 1 aromatic heterocycles. The van der Waals surface area contributed by atoms with Crippen molar-refractivity contribution in [3.05, 3.63) is 23.9 Å². The molecule has 0 saturated heterocycles. The lowest BCUT2D eigenvalue weighted by molar-refractivity contribution is -0.137. The lowest BCUT2D eigenvalue weighted by Gasteiger charge is -2.07. The maximum Gasteiger partial charge on any atom is 0.303 e. The van der Waals surface area contributed by atoms with Gasteiger partial charge < -0.3 is 10.4 Å². The molecule has 0 saturated carbocycles. The standard InChI is InChI=1S/C14H17N3O3/c1-9-6-7-11(14-10(9)8-15-17-14)16-12(18)4-2-3-5-13(19)20/h6-8H,2-5H2,1H3,(H,15,17)(H,16,18)(H,19,20). The molecule has 6 nitrogen and oxygen atoms in total. The van der Waals surface area contributed by atoms with Gasteiger partial charge in [0.1, 0.15) is 0 Å². The van der Waals surface area contributed by atoms with Gasteiger partial charge in [-0.25, -0.2) is 0 Å². The molecule has 2 rings (SSSR count). The number of aromatic nitrogens is 2. The first kappa shape index (κ1) is 14.0. The minimum absolute atomic E-state index is 0.0998. The normalized spacial score (nSPS) is 10.7. The average molecular weight is 275 g/mol. The van der Waals surface area contributed by atoms with Gasteiger partial charge in [0.25, 0.3) is 0 Å². The molecule has 0 unspecified atom stereocenters. The topological polar surface area (TPSA) is 95.1 Å². The number of hydrogen-bond donors (Lipinski definition) is 3. The molecule has 0 aliphatic rings. The number of H-pyrrole nitrogens is 1. The number of aryl methyl sites for hydroxylation is 1. The number of amides is 1. The maximum absolute atomic E-state index is 11.8. The zero-order valence-electron chi connectivity index (χ0n) is 11.3. The van der Waals surface area contributed by atoms with E-state index in [1.54, 1.807) is 6.20 Å². The van der Waals surface area contributed by atoms with E-state index in [4.69, 9.17) is 5.11 Å². The van der Waals surface area contributed by atoms with Crippen LogP contribution in [0.5, 0.6) is 0 Å². The van der Waals surface area contributed by atoms with E-state index in [1.807, 2.05) is 19.1 Å². The smallest absolute Gasteiger partial charge is 0.303 e. The van der Waals surface area contributed by atoms with Gasteiger partial charge in [-0.1, -0.05) is 6.07 Å². The van der Waals surface area contributed by atoms with Crippen molar-refractivity contribution < 1.29 is 14.7 Å². The van der Waals surface area contributed by atoms with E-state index in [0.717, 1.165) is 16.5 Å². The van der Waals surface area contributed by atoms with Gasteiger partial charge in [0.2, 0.25) is 5.91 Å². The van der Waals surface area contributed by atoms with Crippen LogP contribution in [0.4, 0.5) is 5.69 Å². The fraction of sp³-hybridized carbons (Fsp3) is 0.357. The number of carbonyl (C=O) groups excluding carboxylic acids is 1. The highest BCUT2D eigenvalue weighted by Crippen LogP contribution is 2.24. The number of anilines is 1. The van der Waals surface area contributed by atoms with Crippen molar-refractivity contribution in [3.8, 4) is 0 Å². The second kappa shape index (κ2) is 6.18. The van der Waals surface area contributed by atoms with Crippen molar-refractivity contribution in [1.29, 1.82) is 0 Å². The minimum atomic E-state index is -0.830. The largest absolute Gasteiger partial charge is 0.481 e. The van der Waals surface area contributed by atoms with Crippen molar-refractivity contribution in [2.24, 2.45) is 0 Å². The number of carbonyl (C=O) groups is 2. The first-order chi connectivity index (χ1) is 9.58. The molecule has 0 bridgehead atoms. The van der Waals surface area contributed by atoms with E-state index in [9.17, 15) is 9.59 Å². The van der Waals surface area contributed by atoms with Gasteiger partial charge in [0, 0.05) is 18.2 Å². The van der Waals surface area contributed by atoms with Crippen molar-refractivity contribution in [1.82, 2.24) is 10.2 Å². The van der Waals surface area contributed by atoms with Gasteiger partial charge in [-0.05, 0) is 31.4 Å². The summed E-state index contributed by atoms with van der Waals surface area (Å²) in [6.07, 6.45) is 3.22. The van der Waals surface area contributed by atoms with Crippen LogP contribution >= 0.6 is 0 Å².